The van der Waals surface area contributed by atoms with Crippen LogP contribution in [0.25, 0.3) is 5.69 Å². The van der Waals surface area contributed by atoms with Crippen LogP contribution in [0.1, 0.15) is 48.2 Å². The van der Waals surface area contributed by atoms with E-state index in [0.29, 0.717) is 17.8 Å². The van der Waals surface area contributed by atoms with Crippen molar-refractivity contribution < 1.29 is 9.59 Å². The van der Waals surface area contributed by atoms with Crippen molar-refractivity contribution in [2.45, 2.75) is 32.7 Å². The molecule has 0 radical (unpaired) electrons. The van der Waals surface area contributed by atoms with Gasteiger partial charge in [-0.05, 0) is 67.4 Å². The lowest BCUT2D eigenvalue weighted by Crippen LogP contribution is -2.48. The second kappa shape index (κ2) is 11.3. The third-order valence-electron chi connectivity index (χ3n) is 7.01. The van der Waals surface area contributed by atoms with Crippen LogP contribution in [0.15, 0.2) is 91.1 Å². The largest absolute Gasteiger partial charge is 0.322 e. The van der Waals surface area contributed by atoms with Crippen LogP contribution in [0.4, 0.5) is 16.2 Å². The molecule has 4 aromatic rings. The highest BCUT2D eigenvalue weighted by molar-refractivity contribution is 6.01. The summed E-state index contributed by atoms with van der Waals surface area (Å²) in [4.78, 5) is 31.0. The third kappa shape index (κ3) is 5.27. The minimum atomic E-state index is -0.345. The summed E-state index contributed by atoms with van der Waals surface area (Å²) in [5.74, 6) is -0.160. The Morgan fingerprint density at radius 2 is 1.74 bits per heavy atom. The number of nitrogens with zero attached hydrogens (tertiary/aromatic N) is 4. The molecule has 7 heteroatoms. The Morgan fingerprint density at radius 1 is 0.974 bits per heavy atom. The Kier molecular flexibility index (Phi) is 7.46. The standard InChI is InChI=1S/C32H31N5O2/c1-3-4-18-35(32(39)34-26-16-14-24(21-33)15-17-26)22-30(38)37-28-12-6-5-11-27(28)36-19-8-13-29(36)31(37)25-10-7-9-23(2)20-25/h5-17,19-20,31H,3-4,18,22H2,1-2H3,(H,34,39). The van der Waals surface area contributed by atoms with Gasteiger partial charge in [0.05, 0.1) is 28.7 Å². The summed E-state index contributed by atoms with van der Waals surface area (Å²) in [7, 11) is 0. The molecule has 5 rings (SSSR count). The van der Waals surface area contributed by atoms with E-state index in [2.05, 4.69) is 41.1 Å². The normalized spacial score (nSPS) is 13.7. The summed E-state index contributed by atoms with van der Waals surface area (Å²) < 4.78 is 2.14. The van der Waals surface area contributed by atoms with Gasteiger partial charge in [-0.1, -0.05) is 55.3 Å². The lowest BCUT2D eigenvalue weighted by Gasteiger charge is -2.39. The first-order valence-corrected chi connectivity index (χ1v) is 13.2. The highest BCUT2D eigenvalue weighted by atomic mass is 16.2. The zero-order valence-electron chi connectivity index (χ0n) is 22.2. The number of unbranched alkanes of at least 4 members (excludes halogenated alkanes) is 1. The molecule has 1 aliphatic rings. The first kappa shape index (κ1) is 25.8. The van der Waals surface area contributed by atoms with Crippen LogP contribution in [0.5, 0.6) is 0 Å². The number of carbonyl (C=O) groups is 2. The average molecular weight is 518 g/mol. The molecule has 0 aliphatic carbocycles. The van der Waals surface area contributed by atoms with E-state index in [9.17, 15) is 9.59 Å². The summed E-state index contributed by atoms with van der Waals surface area (Å²) in [5.41, 5.74) is 5.95. The molecule has 0 saturated carbocycles. The molecule has 3 amide bonds. The van der Waals surface area contributed by atoms with Crippen molar-refractivity contribution in [2.24, 2.45) is 0 Å². The minimum absolute atomic E-state index is 0.0700. The summed E-state index contributed by atoms with van der Waals surface area (Å²) >= 11 is 0. The average Bonchev–Trinajstić information content (AvgIpc) is 3.45. The van der Waals surface area contributed by atoms with Crippen LogP contribution >= 0.6 is 0 Å². The van der Waals surface area contributed by atoms with Gasteiger partial charge in [0.25, 0.3) is 0 Å². The first-order valence-electron chi connectivity index (χ1n) is 13.2. The summed E-state index contributed by atoms with van der Waals surface area (Å²) in [6.45, 7) is 4.48. The Bertz CT molecular complexity index is 1530. The van der Waals surface area contributed by atoms with Crippen molar-refractivity contribution >= 4 is 23.3 Å². The van der Waals surface area contributed by atoms with Gasteiger partial charge < -0.3 is 14.8 Å². The fourth-order valence-electron chi connectivity index (χ4n) is 5.09. The lowest BCUT2D eigenvalue weighted by molar-refractivity contribution is -0.119. The number of urea groups is 1. The van der Waals surface area contributed by atoms with Gasteiger partial charge in [0.15, 0.2) is 0 Å². The number of nitriles is 1. The molecular weight excluding hydrogens is 486 g/mol. The van der Waals surface area contributed by atoms with Gasteiger partial charge in [-0.25, -0.2) is 4.79 Å². The number of nitrogens with one attached hydrogen (secondary N) is 1. The molecule has 1 aliphatic heterocycles. The van der Waals surface area contributed by atoms with E-state index in [0.717, 1.165) is 41.0 Å². The van der Waals surface area contributed by atoms with Gasteiger partial charge >= 0.3 is 6.03 Å². The SMILES string of the molecule is CCCCN(CC(=O)N1c2ccccc2-n2cccc2C1c1cccc(C)c1)C(=O)Nc1ccc(C#N)cc1. The van der Waals surface area contributed by atoms with Crippen molar-refractivity contribution in [1.29, 1.82) is 5.26 Å². The Hall–Kier alpha value is -4.83. The van der Waals surface area contributed by atoms with E-state index in [1.807, 2.05) is 60.5 Å². The summed E-state index contributed by atoms with van der Waals surface area (Å²) in [5, 5.41) is 12.0. The van der Waals surface area contributed by atoms with Crippen molar-refractivity contribution in [2.75, 3.05) is 23.3 Å². The van der Waals surface area contributed by atoms with Crippen molar-refractivity contribution in [3.8, 4) is 11.8 Å². The van der Waals surface area contributed by atoms with E-state index >= 15 is 0 Å². The van der Waals surface area contributed by atoms with Crippen LogP contribution < -0.4 is 10.2 Å². The topological polar surface area (TPSA) is 81.4 Å². The van der Waals surface area contributed by atoms with Crippen molar-refractivity contribution in [3.63, 3.8) is 0 Å². The van der Waals surface area contributed by atoms with Crippen molar-refractivity contribution in [3.05, 3.63) is 114 Å². The van der Waals surface area contributed by atoms with Crippen LogP contribution in [-0.4, -0.2) is 34.5 Å². The first-order chi connectivity index (χ1) is 19.0. The number of hydrogen-bond acceptors (Lipinski definition) is 3. The zero-order valence-corrected chi connectivity index (χ0v) is 22.2. The van der Waals surface area contributed by atoms with Gasteiger partial charge in [-0.2, -0.15) is 5.26 Å². The molecule has 39 heavy (non-hydrogen) atoms. The maximum absolute atomic E-state index is 14.2. The molecule has 196 valence electrons. The number of aromatic nitrogens is 1. The second-order valence-corrected chi connectivity index (χ2v) is 9.77. The van der Waals surface area contributed by atoms with Crippen molar-refractivity contribution in [1.82, 2.24) is 9.47 Å². The number of anilines is 2. The molecule has 7 nitrogen and oxygen atoms in total. The lowest BCUT2D eigenvalue weighted by atomic mass is 9.96. The quantitative estimate of drug-likeness (QED) is 0.307. The molecule has 2 heterocycles. The maximum atomic E-state index is 14.2. The number of aryl methyl sites for hydroxylation is 1. The number of hydrogen-bond donors (Lipinski definition) is 1. The van der Waals surface area contributed by atoms with Gasteiger partial charge in [0.1, 0.15) is 12.6 Å². The van der Waals surface area contributed by atoms with E-state index in [-0.39, 0.29) is 24.5 Å². The highest BCUT2D eigenvalue weighted by Crippen LogP contribution is 2.42. The predicted octanol–water partition coefficient (Wildman–Crippen LogP) is 6.43. The molecule has 1 atom stereocenters. The van der Waals surface area contributed by atoms with Crippen LogP contribution in [0.2, 0.25) is 0 Å². The molecule has 3 aromatic carbocycles. The number of fused-ring (bicyclic) bond motifs is 3. The zero-order chi connectivity index (χ0) is 27.4. The molecule has 0 bridgehead atoms. The van der Waals surface area contributed by atoms with Gasteiger partial charge in [-0.3, -0.25) is 9.69 Å². The fourth-order valence-corrected chi connectivity index (χ4v) is 5.09. The number of rotatable bonds is 7. The molecule has 0 saturated heterocycles. The number of amides is 3. The number of carbonyl (C=O) groups excluding carboxylic acids is 2. The molecule has 0 spiro atoms. The fraction of sp³-hybridized carbons (Fsp3) is 0.219. The monoisotopic (exact) mass is 517 g/mol. The molecular formula is C32H31N5O2. The van der Waals surface area contributed by atoms with Crippen LogP contribution in [-0.2, 0) is 4.79 Å². The van der Waals surface area contributed by atoms with Crippen LogP contribution in [0, 0.1) is 18.3 Å². The molecule has 0 fully saturated rings. The van der Waals surface area contributed by atoms with Gasteiger partial charge in [0, 0.05) is 18.4 Å². The molecule has 1 unspecified atom stereocenters. The predicted molar refractivity (Wildman–Crippen MR) is 153 cm³/mol. The Morgan fingerprint density at radius 3 is 2.46 bits per heavy atom. The van der Waals surface area contributed by atoms with E-state index in [1.54, 1.807) is 29.2 Å². The smallest absolute Gasteiger partial charge is 0.316 e. The number of para-hydroxylation sites is 2. The Labute approximate surface area is 228 Å². The highest BCUT2D eigenvalue weighted by Gasteiger charge is 2.37. The van der Waals surface area contributed by atoms with E-state index in [1.165, 1.54) is 0 Å². The minimum Gasteiger partial charge on any atom is -0.316 e. The molecule has 1 aromatic heterocycles. The number of benzene rings is 3. The van der Waals surface area contributed by atoms with Crippen LogP contribution in [0.3, 0.4) is 0 Å². The summed E-state index contributed by atoms with van der Waals surface area (Å²) in [6.07, 6.45) is 3.69. The molecule has 1 N–H and O–H groups in total. The van der Waals surface area contributed by atoms with E-state index < -0.39 is 0 Å². The van der Waals surface area contributed by atoms with E-state index in [4.69, 9.17) is 5.26 Å². The third-order valence-corrected chi connectivity index (χ3v) is 7.01. The Balaban J connectivity index is 1.49. The van der Waals surface area contributed by atoms with Gasteiger partial charge in [0.2, 0.25) is 5.91 Å². The maximum Gasteiger partial charge on any atom is 0.322 e. The van der Waals surface area contributed by atoms with Gasteiger partial charge in [-0.15, -0.1) is 0 Å². The summed E-state index contributed by atoms with van der Waals surface area (Å²) in [6, 6.07) is 28.3. The second-order valence-electron chi connectivity index (χ2n) is 9.77.